The maximum absolute atomic E-state index is 3.62. The summed E-state index contributed by atoms with van der Waals surface area (Å²) in [5.41, 5.74) is 1.33. The lowest BCUT2D eigenvalue weighted by Gasteiger charge is -2.13. The summed E-state index contributed by atoms with van der Waals surface area (Å²) in [5, 5.41) is 9.90. The molecule has 1 atom stereocenters. The van der Waals surface area contributed by atoms with E-state index in [9.17, 15) is 0 Å². The molecule has 3 aromatic heterocycles. The second kappa shape index (κ2) is 4.82. The first-order chi connectivity index (χ1) is 8.29. The molecule has 0 amide bonds. The van der Waals surface area contributed by atoms with Gasteiger partial charge in [-0.05, 0) is 51.4 Å². The van der Waals surface area contributed by atoms with Crippen LogP contribution in [0.15, 0.2) is 32.7 Å². The molecule has 3 heterocycles. The molecule has 1 unspecified atom stereocenters. The number of hydrogen-bond donors (Lipinski definition) is 1. The van der Waals surface area contributed by atoms with Gasteiger partial charge in [-0.1, -0.05) is 0 Å². The van der Waals surface area contributed by atoms with Gasteiger partial charge in [0.2, 0.25) is 0 Å². The molecule has 0 radical (unpaired) electrons. The SMILES string of the molecule is CNC(c1cc2sccc2s1)c1cscc1Br. The zero-order valence-corrected chi connectivity index (χ0v) is 13.1. The molecular formula is C12H10BrNS3. The lowest BCUT2D eigenvalue weighted by molar-refractivity contribution is 0.704. The normalized spacial score (nSPS) is 13.3. The molecule has 0 aliphatic carbocycles. The van der Waals surface area contributed by atoms with Crippen molar-refractivity contribution in [1.29, 1.82) is 0 Å². The molecule has 17 heavy (non-hydrogen) atoms. The Morgan fingerprint density at radius 3 is 2.82 bits per heavy atom. The summed E-state index contributed by atoms with van der Waals surface area (Å²) in [6.07, 6.45) is 0. The largest absolute Gasteiger partial charge is 0.309 e. The van der Waals surface area contributed by atoms with E-state index in [1.807, 2.05) is 29.7 Å². The summed E-state index contributed by atoms with van der Waals surface area (Å²) >= 11 is 9.04. The number of halogens is 1. The Hall–Kier alpha value is -0.200. The van der Waals surface area contributed by atoms with E-state index >= 15 is 0 Å². The van der Waals surface area contributed by atoms with Crippen LogP contribution < -0.4 is 5.32 Å². The summed E-state index contributed by atoms with van der Waals surface area (Å²) in [4.78, 5) is 1.38. The number of rotatable bonds is 3. The topological polar surface area (TPSA) is 12.0 Å². The van der Waals surface area contributed by atoms with Crippen molar-refractivity contribution in [2.45, 2.75) is 6.04 Å². The van der Waals surface area contributed by atoms with Crippen LogP contribution in [0.3, 0.4) is 0 Å². The molecule has 0 bridgehead atoms. The third kappa shape index (κ3) is 2.11. The molecule has 0 spiro atoms. The quantitative estimate of drug-likeness (QED) is 0.697. The fourth-order valence-corrected chi connectivity index (χ4v) is 5.68. The van der Waals surface area contributed by atoms with Gasteiger partial charge in [-0.15, -0.1) is 22.7 Å². The van der Waals surface area contributed by atoms with Gasteiger partial charge in [0.25, 0.3) is 0 Å². The van der Waals surface area contributed by atoms with Gasteiger partial charge in [-0.2, -0.15) is 11.3 Å². The van der Waals surface area contributed by atoms with Crippen LogP contribution in [-0.4, -0.2) is 7.05 Å². The van der Waals surface area contributed by atoms with E-state index in [4.69, 9.17) is 0 Å². The fraction of sp³-hybridized carbons (Fsp3) is 0.167. The number of hydrogen-bond acceptors (Lipinski definition) is 4. The van der Waals surface area contributed by atoms with Crippen molar-refractivity contribution in [2.75, 3.05) is 7.05 Å². The van der Waals surface area contributed by atoms with Crippen LogP contribution in [-0.2, 0) is 0 Å². The third-order valence-corrected chi connectivity index (χ3v) is 6.59. The third-order valence-electron chi connectivity index (χ3n) is 2.68. The van der Waals surface area contributed by atoms with Crippen molar-refractivity contribution in [3.8, 4) is 0 Å². The van der Waals surface area contributed by atoms with Crippen molar-refractivity contribution in [2.24, 2.45) is 0 Å². The predicted octanol–water partition coefficient (Wildman–Crippen LogP) is 5.10. The highest BCUT2D eigenvalue weighted by Crippen LogP contribution is 2.38. The minimum atomic E-state index is 0.292. The molecule has 88 valence electrons. The molecule has 0 fully saturated rings. The summed E-state index contributed by atoms with van der Waals surface area (Å²) < 4.78 is 3.96. The van der Waals surface area contributed by atoms with Crippen LogP contribution >= 0.6 is 49.9 Å². The number of nitrogens with one attached hydrogen (secondary N) is 1. The highest BCUT2D eigenvalue weighted by molar-refractivity contribution is 9.10. The lowest BCUT2D eigenvalue weighted by atomic mass is 10.1. The molecule has 0 saturated carbocycles. The van der Waals surface area contributed by atoms with Crippen molar-refractivity contribution >= 4 is 59.3 Å². The molecule has 3 aromatic rings. The van der Waals surface area contributed by atoms with Gasteiger partial charge < -0.3 is 5.32 Å². The molecular weight excluding hydrogens is 334 g/mol. The predicted molar refractivity (Wildman–Crippen MR) is 82.6 cm³/mol. The van der Waals surface area contributed by atoms with Crippen LogP contribution in [0.5, 0.6) is 0 Å². The standard InChI is InChI=1S/C12H10BrNS3/c1-14-12(7-5-15-6-8(7)13)11-4-10-9(17-11)2-3-16-10/h2-6,12,14H,1H3. The van der Waals surface area contributed by atoms with E-state index in [-0.39, 0.29) is 0 Å². The molecule has 3 rings (SSSR count). The van der Waals surface area contributed by atoms with E-state index in [0.717, 1.165) is 0 Å². The summed E-state index contributed by atoms with van der Waals surface area (Å²) in [7, 11) is 2.02. The molecule has 5 heteroatoms. The highest BCUT2D eigenvalue weighted by atomic mass is 79.9. The highest BCUT2D eigenvalue weighted by Gasteiger charge is 2.18. The van der Waals surface area contributed by atoms with E-state index in [1.54, 1.807) is 11.3 Å². The zero-order chi connectivity index (χ0) is 11.8. The van der Waals surface area contributed by atoms with Gasteiger partial charge in [0.05, 0.1) is 6.04 Å². The maximum atomic E-state index is 3.62. The Bertz CT molecular complexity index is 608. The first kappa shape index (κ1) is 11.9. The minimum Gasteiger partial charge on any atom is -0.309 e. The Kier molecular flexibility index (Phi) is 3.36. The van der Waals surface area contributed by atoms with Crippen molar-refractivity contribution in [3.63, 3.8) is 0 Å². The Balaban J connectivity index is 2.06. The first-order valence-electron chi connectivity index (χ1n) is 5.15. The average Bonchev–Trinajstić information content (AvgIpc) is 2.96. The van der Waals surface area contributed by atoms with Crippen molar-refractivity contribution in [3.05, 3.63) is 43.2 Å². The van der Waals surface area contributed by atoms with Gasteiger partial charge in [-0.3, -0.25) is 0 Å². The van der Waals surface area contributed by atoms with Gasteiger partial charge in [0, 0.05) is 24.1 Å². The van der Waals surface area contributed by atoms with E-state index in [1.165, 1.54) is 24.3 Å². The number of fused-ring (bicyclic) bond motifs is 1. The summed E-state index contributed by atoms with van der Waals surface area (Å²) in [5.74, 6) is 0. The van der Waals surface area contributed by atoms with Crippen LogP contribution in [0.1, 0.15) is 16.5 Å². The minimum absolute atomic E-state index is 0.292. The summed E-state index contributed by atoms with van der Waals surface area (Å²) in [6.45, 7) is 0. The zero-order valence-electron chi connectivity index (χ0n) is 9.07. The Labute approximate surface area is 120 Å². The van der Waals surface area contributed by atoms with Crippen molar-refractivity contribution in [1.82, 2.24) is 5.32 Å². The molecule has 0 saturated heterocycles. The fourth-order valence-electron chi connectivity index (χ4n) is 1.88. The maximum Gasteiger partial charge on any atom is 0.0688 e. The lowest BCUT2D eigenvalue weighted by Crippen LogP contribution is -2.16. The van der Waals surface area contributed by atoms with E-state index < -0.39 is 0 Å². The molecule has 1 N–H and O–H groups in total. The van der Waals surface area contributed by atoms with E-state index in [2.05, 4.69) is 49.5 Å². The van der Waals surface area contributed by atoms with Gasteiger partial charge in [0.15, 0.2) is 0 Å². The second-order valence-electron chi connectivity index (χ2n) is 3.69. The Morgan fingerprint density at radius 1 is 1.29 bits per heavy atom. The van der Waals surface area contributed by atoms with Gasteiger partial charge in [-0.25, -0.2) is 0 Å². The van der Waals surface area contributed by atoms with Crippen molar-refractivity contribution < 1.29 is 0 Å². The first-order valence-corrected chi connectivity index (χ1v) is 8.58. The molecule has 1 nitrogen and oxygen atoms in total. The van der Waals surface area contributed by atoms with E-state index in [0.29, 0.717) is 6.04 Å². The van der Waals surface area contributed by atoms with Gasteiger partial charge in [0.1, 0.15) is 0 Å². The van der Waals surface area contributed by atoms with Crippen LogP contribution in [0, 0.1) is 0 Å². The second-order valence-corrected chi connectivity index (χ2v) is 7.36. The molecule has 0 aromatic carbocycles. The average molecular weight is 344 g/mol. The Morgan fingerprint density at radius 2 is 2.18 bits per heavy atom. The monoisotopic (exact) mass is 343 g/mol. The van der Waals surface area contributed by atoms with Crippen LogP contribution in [0.4, 0.5) is 0 Å². The summed E-state index contributed by atoms with van der Waals surface area (Å²) in [6, 6.07) is 4.79. The molecule has 0 aliphatic rings. The van der Waals surface area contributed by atoms with Crippen LogP contribution in [0.2, 0.25) is 0 Å². The van der Waals surface area contributed by atoms with Crippen LogP contribution in [0.25, 0.3) is 9.40 Å². The van der Waals surface area contributed by atoms with Gasteiger partial charge >= 0.3 is 0 Å². The smallest absolute Gasteiger partial charge is 0.0688 e. The number of thiophene rings is 3. The molecule has 0 aliphatic heterocycles.